The highest BCUT2D eigenvalue weighted by Gasteiger charge is 2.22. The van der Waals surface area contributed by atoms with Crippen LogP contribution in [0.15, 0.2) is 77.6 Å². The molecule has 1 saturated heterocycles. The maximum absolute atomic E-state index is 13.4. The molecular weight excluding hydrogens is 456 g/mol. The fraction of sp³-hybridized carbons (Fsp3) is 0.333. The Morgan fingerprint density at radius 2 is 1.47 bits per heavy atom. The monoisotopic (exact) mass is 487 g/mol. The van der Waals surface area contributed by atoms with Gasteiger partial charge in [0.15, 0.2) is 0 Å². The zero-order valence-corrected chi connectivity index (χ0v) is 20.4. The zero-order chi connectivity index (χ0) is 24.9. The fourth-order valence-corrected chi connectivity index (χ4v) is 5.21. The van der Waals surface area contributed by atoms with Gasteiger partial charge in [0.05, 0.1) is 17.1 Å². The van der Waals surface area contributed by atoms with Crippen LogP contribution in [0.2, 0.25) is 0 Å². The number of aromatic nitrogens is 2. The molecule has 1 atom stereocenters. The molecular formula is C30H31F2N3O. The van der Waals surface area contributed by atoms with Crippen LogP contribution in [0, 0.1) is 11.6 Å². The zero-order valence-electron chi connectivity index (χ0n) is 20.4. The topological polar surface area (TPSA) is 38.1 Å². The lowest BCUT2D eigenvalue weighted by Crippen LogP contribution is -2.30. The highest BCUT2D eigenvalue weighted by atomic mass is 19.1. The van der Waals surface area contributed by atoms with E-state index in [4.69, 9.17) is 5.10 Å². The van der Waals surface area contributed by atoms with Crippen LogP contribution < -0.4 is 5.56 Å². The quantitative estimate of drug-likeness (QED) is 0.325. The van der Waals surface area contributed by atoms with Crippen molar-refractivity contribution >= 4 is 10.8 Å². The summed E-state index contributed by atoms with van der Waals surface area (Å²) in [5.74, 6) is -0.460. The first-order valence-electron chi connectivity index (χ1n) is 12.8. The van der Waals surface area contributed by atoms with E-state index in [9.17, 15) is 13.6 Å². The van der Waals surface area contributed by atoms with Crippen molar-refractivity contribution in [2.24, 2.45) is 0 Å². The molecule has 0 N–H and O–H groups in total. The maximum Gasteiger partial charge on any atom is 0.274 e. The molecule has 4 nitrogen and oxygen atoms in total. The first-order chi connectivity index (χ1) is 17.6. The second-order valence-electron chi connectivity index (χ2n) is 9.70. The molecule has 1 aliphatic rings. The second kappa shape index (κ2) is 11.1. The third kappa shape index (κ3) is 5.71. The maximum atomic E-state index is 13.4. The lowest BCUT2D eigenvalue weighted by molar-refractivity contribution is 0.275. The predicted molar refractivity (Wildman–Crippen MR) is 139 cm³/mol. The van der Waals surface area contributed by atoms with Crippen molar-refractivity contribution in [1.82, 2.24) is 14.7 Å². The van der Waals surface area contributed by atoms with Crippen molar-refractivity contribution in [2.45, 2.75) is 44.6 Å². The molecule has 0 aliphatic carbocycles. The van der Waals surface area contributed by atoms with Crippen LogP contribution in [0.5, 0.6) is 0 Å². The van der Waals surface area contributed by atoms with E-state index < -0.39 is 0 Å². The van der Waals surface area contributed by atoms with E-state index in [1.165, 1.54) is 24.3 Å². The van der Waals surface area contributed by atoms with E-state index in [0.29, 0.717) is 11.8 Å². The normalized spacial score (nSPS) is 16.8. The third-order valence-corrected chi connectivity index (χ3v) is 7.18. The van der Waals surface area contributed by atoms with E-state index in [0.717, 1.165) is 73.9 Å². The molecule has 1 aliphatic heterocycles. The van der Waals surface area contributed by atoms with Crippen LogP contribution in [0.25, 0.3) is 10.8 Å². The number of hydrogen-bond donors (Lipinski definition) is 0. The number of hydrogen-bond acceptors (Lipinski definition) is 3. The van der Waals surface area contributed by atoms with Crippen LogP contribution in [-0.4, -0.2) is 34.3 Å². The SMILES string of the molecule is O=c1c2ccccc2c(Cc2ccc(F)cc2)nn1C1CCCN(CCCc2ccc(F)cc2)CC1. The highest BCUT2D eigenvalue weighted by Crippen LogP contribution is 2.24. The van der Waals surface area contributed by atoms with E-state index in [-0.39, 0.29) is 23.2 Å². The lowest BCUT2D eigenvalue weighted by atomic mass is 10.0. The van der Waals surface area contributed by atoms with Gasteiger partial charge in [0.2, 0.25) is 0 Å². The summed E-state index contributed by atoms with van der Waals surface area (Å²) in [6.45, 7) is 2.91. The summed E-state index contributed by atoms with van der Waals surface area (Å²) in [6, 6.07) is 20.9. The van der Waals surface area contributed by atoms with Gasteiger partial charge >= 0.3 is 0 Å². The van der Waals surface area contributed by atoms with Gasteiger partial charge in [-0.25, -0.2) is 13.5 Å². The molecule has 0 amide bonds. The van der Waals surface area contributed by atoms with Crippen molar-refractivity contribution in [2.75, 3.05) is 19.6 Å². The first kappa shape index (κ1) is 24.3. The number of nitrogens with zero attached hydrogens (tertiary/aromatic N) is 3. The van der Waals surface area contributed by atoms with Gasteiger partial charge < -0.3 is 4.90 Å². The molecule has 1 aromatic heterocycles. The molecule has 0 radical (unpaired) electrons. The molecule has 2 heterocycles. The Hall–Kier alpha value is -3.38. The summed E-state index contributed by atoms with van der Waals surface area (Å²) in [4.78, 5) is 15.9. The average Bonchev–Trinajstić information content (AvgIpc) is 3.14. The van der Waals surface area contributed by atoms with Crippen LogP contribution >= 0.6 is 0 Å². The number of rotatable bonds is 7. The molecule has 6 heteroatoms. The highest BCUT2D eigenvalue weighted by molar-refractivity contribution is 5.83. The van der Waals surface area contributed by atoms with Gasteiger partial charge in [-0.1, -0.05) is 42.5 Å². The van der Waals surface area contributed by atoms with Crippen LogP contribution in [-0.2, 0) is 12.8 Å². The van der Waals surface area contributed by atoms with Crippen LogP contribution in [0.1, 0.15) is 48.5 Å². The summed E-state index contributed by atoms with van der Waals surface area (Å²) in [5, 5.41) is 6.42. The Kier molecular flexibility index (Phi) is 7.52. The standard InChI is InChI=1S/C30H31F2N3O/c31-24-13-9-22(10-14-24)5-3-18-34-19-4-6-26(17-20-34)35-30(36)28-8-2-1-7-27(28)29(33-35)21-23-11-15-25(32)16-12-23/h1-2,7-16,26H,3-6,17-21H2. The Bertz CT molecular complexity index is 1370. The van der Waals surface area contributed by atoms with Crippen molar-refractivity contribution in [1.29, 1.82) is 0 Å². The molecule has 186 valence electrons. The summed E-state index contributed by atoms with van der Waals surface area (Å²) >= 11 is 0. The average molecular weight is 488 g/mol. The van der Waals surface area contributed by atoms with Crippen LogP contribution in [0.3, 0.4) is 0 Å². The number of fused-ring (bicyclic) bond motifs is 1. The van der Waals surface area contributed by atoms with Gasteiger partial charge in [0.25, 0.3) is 5.56 Å². The van der Waals surface area contributed by atoms with Crippen molar-refractivity contribution in [3.05, 3.63) is 112 Å². The predicted octanol–water partition coefficient (Wildman–Crippen LogP) is 5.93. The molecule has 4 aromatic rings. The van der Waals surface area contributed by atoms with Crippen molar-refractivity contribution in [3.8, 4) is 0 Å². The summed E-state index contributed by atoms with van der Waals surface area (Å²) in [5.41, 5.74) is 2.93. The molecule has 0 bridgehead atoms. The number of benzene rings is 3. The lowest BCUT2D eigenvalue weighted by Gasteiger charge is -2.21. The molecule has 3 aromatic carbocycles. The van der Waals surface area contributed by atoms with Crippen LogP contribution in [0.4, 0.5) is 8.78 Å². The van der Waals surface area contributed by atoms with E-state index in [2.05, 4.69) is 4.90 Å². The summed E-state index contributed by atoms with van der Waals surface area (Å²) in [7, 11) is 0. The van der Waals surface area contributed by atoms with Gasteiger partial charge in [-0.05, 0) is 86.7 Å². The van der Waals surface area contributed by atoms with Crippen molar-refractivity contribution < 1.29 is 8.78 Å². The summed E-state index contributed by atoms with van der Waals surface area (Å²) < 4.78 is 28.3. The second-order valence-corrected chi connectivity index (χ2v) is 9.70. The van der Waals surface area contributed by atoms with Gasteiger partial charge in [-0.3, -0.25) is 4.79 Å². The Labute approximate surface area is 210 Å². The van der Waals surface area contributed by atoms with Gasteiger partial charge in [0, 0.05) is 18.4 Å². The number of likely N-dealkylation sites (tertiary alicyclic amines) is 1. The molecule has 1 unspecified atom stereocenters. The molecule has 5 rings (SSSR count). The largest absolute Gasteiger partial charge is 0.303 e. The molecule has 1 fully saturated rings. The number of halogens is 2. The minimum Gasteiger partial charge on any atom is -0.303 e. The molecule has 0 spiro atoms. The first-order valence-corrected chi connectivity index (χ1v) is 12.8. The van der Waals surface area contributed by atoms with E-state index >= 15 is 0 Å². The third-order valence-electron chi connectivity index (χ3n) is 7.18. The van der Waals surface area contributed by atoms with Gasteiger partial charge in [-0.15, -0.1) is 0 Å². The van der Waals surface area contributed by atoms with Gasteiger partial charge in [-0.2, -0.15) is 5.10 Å². The Balaban J connectivity index is 1.31. The van der Waals surface area contributed by atoms with Crippen molar-refractivity contribution in [3.63, 3.8) is 0 Å². The minimum absolute atomic E-state index is 0.0387. The Morgan fingerprint density at radius 1 is 0.806 bits per heavy atom. The fourth-order valence-electron chi connectivity index (χ4n) is 5.21. The minimum atomic E-state index is -0.262. The summed E-state index contributed by atoms with van der Waals surface area (Å²) in [6.07, 6.45) is 5.29. The van der Waals surface area contributed by atoms with E-state index in [1.54, 1.807) is 16.8 Å². The van der Waals surface area contributed by atoms with E-state index in [1.807, 2.05) is 36.4 Å². The smallest absolute Gasteiger partial charge is 0.274 e. The van der Waals surface area contributed by atoms with Gasteiger partial charge in [0.1, 0.15) is 11.6 Å². The Morgan fingerprint density at radius 3 is 2.19 bits per heavy atom. The molecule has 0 saturated carbocycles. The molecule has 36 heavy (non-hydrogen) atoms. The number of aryl methyl sites for hydroxylation is 1.